The Morgan fingerprint density at radius 3 is 2.85 bits per heavy atom. The molecule has 26 heavy (non-hydrogen) atoms. The molecule has 5 atom stereocenters. The average Bonchev–Trinajstić information content (AvgIpc) is 3.15. The van der Waals surface area contributed by atoms with Gasteiger partial charge < -0.3 is 30.1 Å². The molecule has 3 rings (SSSR count). The van der Waals surface area contributed by atoms with Crippen molar-refractivity contribution in [2.24, 2.45) is 0 Å². The van der Waals surface area contributed by atoms with Gasteiger partial charge in [-0.05, 0) is 6.42 Å². The zero-order valence-electron chi connectivity index (χ0n) is 14.2. The van der Waals surface area contributed by atoms with Crippen LogP contribution < -0.4 is 5.73 Å². The summed E-state index contributed by atoms with van der Waals surface area (Å²) in [6.07, 6.45) is -0.609. The molecule has 3 heterocycles. The molecule has 0 spiro atoms. The molecular weight excluding hydrogens is 365 g/mol. The first-order chi connectivity index (χ1) is 12.3. The first kappa shape index (κ1) is 19.2. The predicted molar refractivity (Wildman–Crippen MR) is 91.2 cm³/mol. The normalized spacial score (nSPS) is 28.5. The lowest BCUT2D eigenvalue weighted by molar-refractivity contribution is -0.0484. The van der Waals surface area contributed by atoms with Crippen LogP contribution in [0, 0.1) is 0 Å². The third-order valence-corrected chi connectivity index (χ3v) is 5.67. The average molecular weight is 387 g/mol. The highest BCUT2D eigenvalue weighted by atomic mass is 31.2. The third-order valence-electron chi connectivity index (χ3n) is 4.23. The zero-order chi connectivity index (χ0) is 18.9. The molecule has 0 aromatic carbocycles. The van der Waals surface area contributed by atoms with Crippen molar-refractivity contribution >= 4 is 24.6 Å². The topological polar surface area (TPSA) is 166 Å². The molecule has 0 saturated carbocycles. The Kier molecular flexibility index (Phi) is 5.56. The fourth-order valence-electron chi connectivity index (χ4n) is 2.77. The Morgan fingerprint density at radius 1 is 1.35 bits per heavy atom. The summed E-state index contributed by atoms with van der Waals surface area (Å²) >= 11 is 0. The number of fused-ring (bicyclic) bond motifs is 1. The minimum Gasteiger partial charge on any atom is -0.387 e. The first-order valence-electron chi connectivity index (χ1n) is 8.25. The van der Waals surface area contributed by atoms with Gasteiger partial charge in [0.15, 0.2) is 17.7 Å². The van der Waals surface area contributed by atoms with E-state index in [9.17, 15) is 19.7 Å². The van der Waals surface area contributed by atoms with E-state index < -0.39 is 32.1 Å². The van der Waals surface area contributed by atoms with Crippen molar-refractivity contribution < 1.29 is 28.9 Å². The monoisotopic (exact) mass is 387 g/mol. The number of rotatable bonds is 7. The van der Waals surface area contributed by atoms with E-state index in [0.29, 0.717) is 17.6 Å². The summed E-state index contributed by atoms with van der Waals surface area (Å²) in [5.41, 5.74) is 6.42. The molecule has 144 valence electrons. The van der Waals surface area contributed by atoms with Crippen molar-refractivity contribution in [1.82, 2.24) is 19.5 Å². The van der Waals surface area contributed by atoms with Crippen molar-refractivity contribution in [3.05, 3.63) is 12.7 Å². The van der Waals surface area contributed by atoms with Gasteiger partial charge in [-0.3, -0.25) is 9.13 Å². The molecule has 0 bridgehead atoms. The van der Waals surface area contributed by atoms with Crippen molar-refractivity contribution in [1.29, 1.82) is 0 Å². The quantitative estimate of drug-likeness (QED) is 0.476. The van der Waals surface area contributed by atoms with E-state index in [1.54, 1.807) is 0 Å². The minimum atomic E-state index is -3.76. The Bertz CT molecular complexity index is 816. The molecule has 1 unspecified atom stereocenters. The summed E-state index contributed by atoms with van der Waals surface area (Å²) in [6.45, 7) is 1.58. The number of nitrogen functional groups attached to an aromatic ring is 1. The zero-order valence-corrected chi connectivity index (χ0v) is 15.1. The lowest BCUT2D eigenvalue weighted by Gasteiger charge is -2.17. The molecule has 11 nitrogen and oxygen atoms in total. The molecule has 2 aromatic heterocycles. The second kappa shape index (κ2) is 7.55. The van der Waals surface area contributed by atoms with Gasteiger partial charge in [-0.25, -0.2) is 15.0 Å². The summed E-state index contributed by atoms with van der Waals surface area (Å²) in [5.74, 6) is 0.179. The van der Waals surface area contributed by atoms with Crippen LogP contribution in [0.5, 0.6) is 0 Å². The molecule has 1 aliphatic rings. The third kappa shape index (κ3) is 3.73. The standard InChI is InChI=1S/C14H22N5O6P/c1-2-3-4-26(22,23)24-5-8-10(20)11(21)14(25-8)19-7-18-9-12(15)16-6-17-13(9)19/h6-8,10-11,14,20-21H,2-5H2,1H3,(H,22,23)(H2,15,16,17)/t8-,10-,11-,14-/m1/s1. The molecule has 0 radical (unpaired) electrons. The molecule has 1 fully saturated rings. The van der Waals surface area contributed by atoms with Gasteiger partial charge in [0.2, 0.25) is 0 Å². The maximum absolute atomic E-state index is 11.9. The van der Waals surface area contributed by atoms with Gasteiger partial charge in [0, 0.05) is 6.16 Å². The van der Waals surface area contributed by atoms with Crippen molar-refractivity contribution in [3.63, 3.8) is 0 Å². The van der Waals surface area contributed by atoms with Crippen LogP contribution in [0.25, 0.3) is 11.2 Å². The van der Waals surface area contributed by atoms with E-state index in [1.807, 2.05) is 6.92 Å². The molecule has 0 aliphatic carbocycles. The summed E-state index contributed by atoms with van der Waals surface area (Å²) in [4.78, 5) is 21.8. The number of nitrogens with two attached hydrogens (primary N) is 1. The molecule has 2 aromatic rings. The van der Waals surface area contributed by atoms with E-state index in [0.717, 1.165) is 6.42 Å². The highest BCUT2D eigenvalue weighted by Crippen LogP contribution is 2.44. The SMILES string of the molecule is CCCCP(=O)(O)OC[C@H]1O[C@@H](n2cnc3c(N)ncnc32)[C@H](O)[C@@H]1O. The van der Waals surface area contributed by atoms with Crippen LogP contribution in [-0.2, 0) is 13.8 Å². The number of anilines is 1. The van der Waals surface area contributed by atoms with Gasteiger partial charge in [-0.15, -0.1) is 0 Å². The number of hydrogen-bond donors (Lipinski definition) is 4. The lowest BCUT2D eigenvalue weighted by Crippen LogP contribution is -2.33. The number of nitrogens with zero attached hydrogens (tertiary/aromatic N) is 4. The van der Waals surface area contributed by atoms with Crippen molar-refractivity contribution in [3.8, 4) is 0 Å². The van der Waals surface area contributed by atoms with Gasteiger partial charge in [-0.1, -0.05) is 13.3 Å². The Labute approximate surface area is 149 Å². The molecule has 12 heteroatoms. The highest BCUT2D eigenvalue weighted by Gasteiger charge is 2.45. The minimum absolute atomic E-state index is 0.0284. The van der Waals surface area contributed by atoms with Gasteiger partial charge in [0.1, 0.15) is 30.2 Å². The second-order valence-electron chi connectivity index (χ2n) is 6.14. The van der Waals surface area contributed by atoms with Crippen molar-refractivity contribution in [2.75, 3.05) is 18.5 Å². The predicted octanol–water partition coefficient (Wildman–Crippen LogP) is 0.0298. The number of aliphatic hydroxyl groups is 2. The van der Waals surface area contributed by atoms with Gasteiger partial charge in [-0.2, -0.15) is 0 Å². The summed E-state index contributed by atoms with van der Waals surface area (Å²) in [7, 11) is -3.76. The molecule has 1 saturated heterocycles. The lowest BCUT2D eigenvalue weighted by atomic mass is 10.1. The number of hydrogen-bond acceptors (Lipinski definition) is 9. The summed E-state index contributed by atoms with van der Waals surface area (Å²) < 4.78 is 24.0. The number of aliphatic hydroxyl groups excluding tert-OH is 2. The van der Waals surface area contributed by atoms with Gasteiger partial charge >= 0.3 is 7.60 Å². The number of imidazole rings is 1. The Hall–Kier alpha value is -1.62. The van der Waals surface area contributed by atoms with Crippen LogP contribution in [0.4, 0.5) is 5.82 Å². The smallest absolute Gasteiger partial charge is 0.328 e. The largest absolute Gasteiger partial charge is 0.387 e. The van der Waals surface area contributed by atoms with Crippen LogP contribution in [0.1, 0.15) is 26.0 Å². The van der Waals surface area contributed by atoms with E-state index in [1.165, 1.54) is 17.2 Å². The molecule has 0 amide bonds. The van der Waals surface area contributed by atoms with Crippen LogP contribution in [0.2, 0.25) is 0 Å². The molecule has 5 N–H and O–H groups in total. The van der Waals surface area contributed by atoms with Crippen LogP contribution in [0.15, 0.2) is 12.7 Å². The second-order valence-corrected chi connectivity index (χ2v) is 8.12. The number of unbranched alkanes of at least 4 members (excludes halogenated alkanes) is 1. The first-order valence-corrected chi connectivity index (χ1v) is 10.0. The fourth-order valence-corrected chi connectivity index (χ4v) is 3.99. The maximum Gasteiger partial charge on any atom is 0.328 e. The number of ether oxygens (including phenoxy) is 1. The van der Waals surface area contributed by atoms with E-state index in [-0.39, 0.29) is 18.6 Å². The summed E-state index contributed by atoms with van der Waals surface area (Å²) in [5, 5.41) is 20.5. The summed E-state index contributed by atoms with van der Waals surface area (Å²) in [6, 6.07) is 0. The fraction of sp³-hybridized carbons (Fsp3) is 0.643. The van der Waals surface area contributed by atoms with Gasteiger partial charge in [0.25, 0.3) is 0 Å². The highest BCUT2D eigenvalue weighted by molar-refractivity contribution is 7.52. The van der Waals surface area contributed by atoms with Gasteiger partial charge in [0.05, 0.1) is 12.9 Å². The molecular formula is C14H22N5O6P. The van der Waals surface area contributed by atoms with Crippen LogP contribution >= 0.6 is 7.60 Å². The maximum atomic E-state index is 11.9. The van der Waals surface area contributed by atoms with E-state index in [4.69, 9.17) is 15.0 Å². The van der Waals surface area contributed by atoms with E-state index >= 15 is 0 Å². The van der Waals surface area contributed by atoms with Crippen LogP contribution in [-0.4, -0.2) is 65.7 Å². The van der Waals surface area contributed by atoms with Crippen LogP contribution in [0.3, 0.4) is 0 Å². The Morgan fingerprint density at radius 2 is 2.12 bits per heavy atom. The van der Waals surface area contributed by atoms with Crippen molar-refractivity contribution in [2.45, 2.75) is 44.3 Å². The van der Waals surface area contributed by atoms with E-state index in [2.05, 4.69) is 15.0 Å². The Balaban J connectivity index is 1.73. The molecule has 1 aliphatic heterocycles. The number of aromatic nitrogens is 4.